The fourth-order valence-corrected chi connectivity index (χ4v) is 0.631. The van der Waals surface area contributed by atoms with Crippen molar-refractivity contribution in [1.29, 1.82) is 0 Å². The topological polar surface area (TPSA) is 26.3 Å². The van der Waals surface area contributed by atoms with E-state index in [0.29, 0.717) is 6.61 Å². The van der Waals surface area contributed by atoms with E-state index in [1.165, 1.54) is 6.92 Å². The SMILES string of the molecule is CCCOC(C)=O.c1ccccc1. The van der Waals surface area contributed by atoms with Gasteiger partial charge in [-0.3, -0.25) is 4.79 Å². The van der Waals surface area contributed by atoms with Crippen LogP contribution in [0.5, 0.6) is 0 Å². The van der Waals surface area contributed by atoms with E-state index >= 15 is 0 Å². The average molecular weight is 180 g/mol. The van der Waals surface area contributed by atoms with Crippen molar-refractivity contribution < 1.29 is 9.53 Å². The summed E-state index contributed by atoms with van der Waals surface area (Å²) in [5.74, 6) is -0.193. The Labute approximate surface area is 79.5 Å². The first-order valence-corrected chi connectivity index (χ1v) is 4.40. The summed E-state index contributed by atoms with van der Waals surface area (Å²) in [4.78, 5) is 9.98. The Morgan fingerprint density at radius 1 is 1.08 bits per heavy atom. The quantitative estimate of drug-likeness (QED) is 0.654. The van der Waals surface area contributed by atoms with Gasteiger partial charge < -0.3 is 4.74 Å². The zero-order valence-electron chi connectivity index (χ0n) is 8.19. The third kappa shape index (κ3) is 10.7. The molecule has 13 heavy (non-hydrogen) atoms. The lowest BCUT2D eigenvalue weighted by Gasteiger charge is -1.93. The van der Waals surface area contributed by atoms with Crippen molar-refractivity contribution in [3.8, 4) is 0 Å². The monoisotopic (exact) mass is 180 g/mol. The summed E-state index contributed by atoms with van der Waals surface area (Å²) in [6, 6.07) is 12.0. The van der Waals surface area contributed by atoms with Crippen LogP contribution in [0, 0.1) is 0 Å². The van der Waals surface area contributed by atoms with E-state index in [4.69, 9.17) is 0 Å². The van der Waals surface area contributed by atoms with Crippen LogP contribution in [0.4, 0.5) is 0 Å². The summed E-state index contributed by atoms with van der Waals surface area (Å²) in [7, 11) is 0. The molecule has 0 aliphatic rings. The molecule has 0 unspecified atom stereocenters. The summed E-state index contributed by atoms with van der Waals surface area (Å²) in [6.07, 6.45) is 0.902. The van der Waals surface area contributed by atoms with Crippen LogP contribution in [0.2, 0.25) is 0 Å². The van der Waals surface area contributed by atoms with Gasteiger partial charge in [0, 0.05) is 6.92 Å². The predicted molar refractivity (Wildman–Crippen MR) is 53.4 cm³/mol. The van der Waals surface area contributed by atoms with Crippen molar-refractivity contribution in [2.24, 2.45) is 0 Å². The summed E-state index contributed by atoms with van der Waals surface area (Å²) < 4.78 is 4.55. The number of benzene rings is 1. The molecule has 0 spiro atoms. The van der Waals surface area contributed by atoms with E-state index in [-0.39, 0.29) is 5.97 Å². The molecule has 2 nitrogen and oxygen atoms in total. The van der Waals surface area contributed by atoms with Gasteiger partial charge >= 0.3 is 5.97 Å². The molecule has 0 aliphatic carbocycles. The van der Waals surface area contributed by atoms with Gasteiger partial charge in [-0.2, -0.15) is 0 Å². The molecular formula is C11H16O2. The lowest BCUT2D eigenvalue weighted by Crippen LogP contribution is -1.98. The molecule has 2 heteroatoms. The van der Waals surface area contributed by atoms with Gasteiger partial charge in [-0.25, -0.2) is 0 Å². The first kappa shape index (κ1) is 11.7. The fourth-order valence-electron chi connectivity index (χ4n) is 0.631. The minimum Gasteiger partial charge on any atom is -0.466 e. The zero-order valence-corrected chi connectivity index (χ0v) is 8.19. The summed E-state index contributed by atoms with van der Waals surface area (Å²) >= 11 is 0. The Morgan fingerprint density at radius 3 is 1.62 bits per heavy atom. The molecule has 0 atom stereocenters. The van der Waals surface area contributed by atoms with Gasteiger partial charge in [0.15, 0.2) is 0 Å². The van der Waals surface area contributed by atoms with Gasteiger partial charge in [-0.05, 0) is 6.42 Å². The molecule has 0 fully saturated rings. The van der Waals surface area contributed by atoms with Crippen molar-refractivity contribution in [3.05, 3.63) is 36.4 Å². The lowest BCUT2D eigenvalue weighted by atomic mass is 10.4. The Hall–Kier alpha value is -1.31. The first-order chi connectivity index (χ1) is 6.27. The highest BCUT2D eigenvalue weighted by atomic mass is 16.5. The minimum absolute atomic E-state index is 0.193. The second kappa shape index (κ2) is 8.78. The summed E-state index contributed by atoms with van der Waals surface area (Å²) in [6.45, 7) is 3.92. The van der Waals surface area contributed by atoms with E-state index in [0.717, 1.165) is 6.42 Å². The average Bonchev–Trinajstić information content (AvgIpc) is 2.18. The van der Waals surface area contributed by atoms with Crippen LogP contribution >= 0.6 is 0 Å². The molecule has 0 N–H and O–H groups in total. The Morgan fingerprint density at radius 2 is 1.46 bits per heavy atom. The number of carbonyl (C=O) groups excluding carboxylic acids is 1. The van der Waals surface area contributed by atoms with E-state index in [2.05, 4.69) is 4.74 Å². The molecule has 1 aromatic rings. The highest BCUT2D eigenvalue weighted by Gasteiger charge is 1.85. The molecule has 1 aromatic carbocycles. The molecule has 0 aromatic heterocycles. The summed E-state index contributed by atoms with van der Waals surface area (Å²) in [5, 5.41) is 0. The molecule has 0 saturated heterocycles. The largest absolute Gasteiger partial charge is 0.466 e. The van der Waals surface area contributed by atoms with Crippen LogP contribution in [-0.4, -0.2) is 12.6 Å². The molecular weight excluding hydrogens is 164 g/mol. The van der Waals surface area contributed by atoms with Crippen molar-refractivity contribution in [1.82, 2.24) is 0 Å². The molecule has 0 amide bonds. The Bertz CT molecular complexity index is 180. The smallest absolute Gasteiger partial charge is 0.302 e. The fraction of sp³-hybridized carbons (Fsp3) is 0.364. The van der Waals surface area contributed by atoms with E-state index in [9.17, 15) is 4.79 Å². The van der Waals surface area contributed by atoms with Gasteiger partial charge in [0.1, 0.15) is 0 Å². The van der Waals surface area contributed by atoms with Crippen LogP contribution in [0.3, 0.4) is 0 Å². The van der Waals surface area contributed by atoms with Crippen molar-refractivity contribution >= 4 is 5.97 Å². The molecule has 0 aliphatic heterocycles. The predicted octanol–water partition coefficient (Wildman–Crippen LogP) is 2.65. The standard InChI is InChI=1S/C6H6.C5H10O2/c1-2-4-6-5-3-1;1-3-4-7-5(2)6/h1-6H;3-4H2,1-2H3. The van der Waals surface area contributed by atoms with Gasteiger partial charge in [0.25, 0.3) is 0 Å². The van der Waals surface area contributed by atoms with Crippen LogP contribution in [0.15, 0.2) is 36.4 Å². The maximum atomic E-state index is 9.98. The second-order valence-electron chi connectivity index (χ2n) is 2.49. The van der Waals surface area contributed by atoms with Crippen molar-refractivity contribution in [3.63, 3.8) is 0 Å². The van der Waals surface area contributed by atoms with Gasteiger partial charge in [0.2, 0.25) is 0 Å². The maximum Gasteiger partial charge on any atom is 0.302 e. The normalized spacial score (nSPS) is 8.15. The maximum absolute atomic E-state index is 9.98. The number of hydrogen-bond acceptors (Lipinski definition) is 2. The zero-order chi connectivity index (χ0) is 9.94. The van der Waals surface area contributed by atoms with Gasteiger partial charge in [-0.15, -0.1) is 0 Å². The van der Waals surface area contributed by atoms with Gasteiger partial charge in [-0.1, -0.05) is 43.3 Å². The van der Waals surface area contributed by atoms with Crippen LogP contribution in [0.1, 0.15) is 20.3 Å². The van der Waals surface area contributed by atoms with Crippen LogP contribution in [0.25, 0.3) is 0 Å². The van der Waals surface area contributed by atoms with Crippen molar-refractivity contribution in [2.75, 3.05) is 6.61 Å². The number of esters is 1. The molecule has 0 radical (unpaired) electrons. The first-order valence-electron chi connectivity index (χ1n) is 4.40. The highest BCUT2D eigenvalue weighted by molar-refractivity contribution is 5.65. The van der Waals surface area contributed by atoms with Crippen molar-refractivity contribution in [2.45, 2.75) is 20.3 Å². The van der Waals surface area contributed by atoms with Gasteiger partial charge in [0.05, 0.1) is 6.61 Å². The molecule has 0 saturated carbocycles. The number of ether oxygens (including phenoxy) is 1. The van der Waals surface area contributed by atoms with E-state index in [1.807, 2.05) is 43.3 Å². The van der Waals surface area contributed by atoms with Crippen LogP contribution < -0.4 is 0 Å². The third-order valence-corrected chi connectivity index (χ3v) is 1.18. The highest BCUT2D eigenvalue weighted by Crippen LogP contribution is 1.80. The molecule has 0 bridgehead atoms. The minimum atomic E-state index is -0.193. The summed E-state index contributed by atoms with van der Waals surface area (Å²) in [5.41, 5.74) is 0. The third-order valence-electron chi connectivity index (χ3n) is 1.18. The van der Waals surface area contributed by atoms with Crippen LogP contribution in [-0.2, 0) is 9.53 Å². The second-order valence-corrected chi connectivity index (χ2v) is 2.49. The molecule has 1 rings (SSSR count). The number of rotatable bonds is 2. The van der Waals surface area contributed by atoms with E-state index in [1.54, 1.807) is 0 Å². The molecule has 72 valence electrons. The Balaban J connectivity index is 0.000000223. The number of hydrogen-bond donors (Lipinski definition) is 0. The lowest BCUT2D eigenvalue weighted by molar-refractivity contribution is -0.140. The Kier molecular flexibility index (Phi) is 7.90. The van der Waals surface area contributed by atoms with E-state index < -0.39 is 0 Å². The molecule has 0 heterocycles. The number of carbonyl (C=O) groups is 1.